The molecule has 4 nitrogen and oxygen atoms in total. The average molecular weight is 354 g/mol. The summed E-state index contributed by atoms with van der Waals surface area (Å²) in [5.41, 5.74) is 0. The molecule has 0 aliphatic carbocycles. The highest BCUT2D eigenvalue weighted by Gasteiger charge is 2.18. The lowest BCUT2D eigenvalue weighted by Crippen LogP contribution is -2.40. The number of methoxy groups -OCH3 is 1. The zero-order valence-electron chi connectivity index (χ0n) is 16.6. The van der Waals surface area contributed by atoms with Crippen LogP contribution in [-0.4, -0.2) is 25.0 Å². The summed E-state index contributed by atoms with van der Waals surface area (Å²) in [6.45, 7) is 4.11. The van der Waals surface area contributed by atoms with Gasteiger partial charge in [-0.3, -0.25) is 4.79 Å². The van der Waals surface area contributed by atoms with Gasteiger partial charge in [-0.15, -0.1) is 0 Å². The van der Waals surface area contributed by atoms with Crippen LogP contribution in [0.1, 0.15) is 97.3 Å². The minimum atomic E-state index is -0.508. The molecule has 0 rings (SSSR count). The molecule has 1 N–H and O–H groups in total. The Hall–Kier alpha value is -1.32. The van der Waals surface area contributed by atoms with Gasteiger partial charge in [-0.05, 0) is 38.5 Å². The van der Waals surface area contributed by atoms with Gasteiger partial charge in [-0.25, -0.2) is 4.79 Å². The maximum absolute atomic E-state index is 11.8. The van der Waals surface area contributed by atoms with Crippen LogP contribution in [0.2, 0.25) is 0 Å². The summed E-state index contributed by atoms with van der Waals surface area (Å²) in [5.74, 6) is -0.419. The highest BCUT2D eigenvalue weighted by atomic mass is 16.5. The van der Waals surface area contributed by atoms with Gasteiger partial charge < -0.3 is 10.1 Å². The molecule has 0 aliphatic rings. The van der Waals surface area contributed by atoms with Crippen molar-refractivity contribution >= 4 is 11.9 Å². The van der Waals surface area contributed by atoms with Crippen LogP contribution in [-0.2, 0) is 14.3 Å². The van der Waals surface area contributed by atoms with Crippen LogP contribution >= 0.6 is 0 Å². The average Bonchev–Trinajstić information content (AvgIpc) is 2.62. The van der Waals surface area contributed by atoms with Crippen LogP contribution in [0.25, 0.3) is 0 Å². The number of nitrogens with one attached hydrogen (secondary N) is 1. The fraction of sp³-hybridized carbons (Fsp3) is 0.810. The quantitative estimate of drug-likeness (QED) is 0.232. The zero-order valence-corrected chi connectivity index (χ0v) is 16.6. The summed E-state index contributed by atoms with van der Waals surface area (Å²) >= 11 is 0. The third-order valence-corrected chi connectivity index (χ3v) is 4.39. The molecule has 0 unspecified atom stereocenters. The van der Waals surface area contributed by atoms with Gasteiger partial charge >= 0.3 is 5.97 Å². The Bertz CT molecular complexity index is 366. The second-order valence-electron chi connectivity index (χ2n) is 6.68. The zero-order chi connectivity index (χ0) is 18.8. The predicted molar refractivity (Wildman–Crippen MR) is 104 cm³/mol. The molecule has 25 heavy (non-hydrogen) atoms. The van der Waals surface area contributed by atoms with Crippen molar-refractivity contribution in [3.8, 4) is 0 Å². The summed E-state index contributed by atoms with van der Waals surface area (Å²) in [7, 11) is 1.35. The molecule has 0 aromatic carbocycles. The molecule has 0 spiro atoms. The number of allylic oxidation sites excluding steroid dienone is 2. The third-order valence-electron chi connectivity index (χ3n) is 4.39. The Balaban J connectivity index is 3.47. The normalized spacial score (nSPS) is 12.3. The van der Waals surface area contributed by atoms with Crippen LogP contribution in [0.15, 0.2) is 12.2 Å². The van der Waals surface area contributed by atoms with E-state index in [1.54, 1.807) is 0 Å². The Labute approximate surface area is 154 Å². The lowest BCUT2D eigenvalue weighted by Gasteiger charge is -2.14. The number of amides is 1. The van der Waals surface area contributed by atoms with E-state index in [2.05, 4.69) is 29.1 Å². The summed E-state index contributed by atoms with van der Waals surface area (Å²) in [6, 6.07) is -0.508. The fourth-order valence-corrected chi connectivity index (χ4v) is 2.74. The molecule has 0 fully saturated rings. The number of ether oxygens (including phenoxy) is 1. The van der Waals surface area contributed by atoms with Gasteiger partial charge in [0.25, 0.3) is 0 Å². The molecule has 0 heterocycles. The van der Waals surface area contributed by atoms with Crippen molar-refractivity contribution in [1.29, 1.82) is 0 Å². The summed E-state index contributed by atoms with van der Waals surface area (Å²) in [5, 5.41) is 2.74. The number of rotatable bonds is 16. The Morgan fingerprint density at radius 1 is 0.880 bits per heavy atom. The van der Waals surface area contributed by atoms with Gasteiger partial charge in [0.2, 0.25) is 5.91 Å². The highest BCUT2D eigenvalue weighted by Crippen LogP contribution is 2.09. The van der Waals surface area contributed by atoms with Gasteiger partial charge in [0.05, 0.1) is 7.11 Å². The molecule has 1 atom stereocenters. The molecule has 0 saturated carbocycles. The van der Waals surface area contributed by atoms with E-state index in [1.165, 1.54) is 64.9 Å². The van der Waals surface area contributed by atoms with E-state index in [0.717, 1.165) is 12.8 Å². The lowest BCUT2D eigenvalue weighted by atomic mass is 10.1. The molecule has 146 valence electrons. The van der Waals surface area contributed by atoms with Gasteiger partial charge in [-0.1, -0.05) is 64.5 Å². The molecule has 0 aromatic heterocycles. The maximum Gasteiger partial charge on any atom is 0.328 e. The Kier molecular flexibility index (Phi) is 16.6. The van der Waals surface area contributed by atoms with E-state index >= 15 is 0 Å². The molecule has 0 aromatic rings. The van der Waals surface area contributed by atoms with E-state index in [9.17, 15) is 9.59 Å². The van der Waals surface area contributed by atoms with E-state index in [4.69, 9.17) is 0 Å². The van der Waals surface area contributed by atoms with E-state index in [1.807, 2.05) is 6.92 Å². The number of hydrogen-bond donors (Lipinski definition) is 1. The van der Waals surface area contributed by atoms with Crippen LogP contribution in [0.4, 0.5) is 0 Å². The second-order valence-corrected chi connectivity index (χ2v) is 6.68. The van der Waals surface area contributed by atoms with Gasteiger partial charge in [0.15, 0.2) is 0 Å². The summed E-state index contributed by atoms with van der Waals surface area (Å²) in [6.07, 6.45) is 19.0. The maximum atomic E-state index is 11.8. The highest BCUT2D eigenvalue weighted by molar-refractivity contribution is 5.84. The molecule has 0 saturated heterocycles. The monoisotopic (exact) mass is 353 g/mol. The van der Waals surface area contributed by atoms with E-state index in [-0.39, 0.29) is 11.9 Å². The first kappa shape index (κ1) is 23.7. The lowest BCUT2D eigenvalue weighted by molar-refractivity contribution is -0.145. The molecular formula is C21H39NO3. The van der Waals surface area contributed by atoms with Gasteiger partial charge in [-0.2, -0.15) is 0 Å². The second kappa shape index (κ2) is 17.5. The van der Waals surface area contributed by atoms with Crippen molar-refractivity contribution in [3.05, 3.63) is 12.2 Å². The molecular weight excluding hydrogens is 314 g/mol. The first-order valence-electron chi connectivity index (χ1n) is 10.2. The molecule has 0 aliphatic heterocycles. The van der Waals surface area contributed by atoms with Crippen molar-refractivity contribution < 1.29 is 14.3 Å². The smallest absolute Gasteiger partial charge is 0.328 e. The van der Waals surface area contributed by atoms with Gasteiger partial charge in [0, 0.05) is 6.42 Å². The van der Waals surface area contributed by atoms with Crippen molar-refractivity contribution in [2.75, 3.05) is 7.11 Å². The van der Waals surface area contributed by atoms with Crippen LogP contribution < -0.4 is 5.32 Å². The van der Waals surface area contributed by atoms with Crippen molar-refractivity contribution in [2.45, 2.75) is 103 Å². The fourth-order valence-electron chi connectivity index (χ4n) is 2.74. The largest absolute Gasteiger partial charge is 0.467 e. The summed E-state index contributed by atoms with van der Waals surface area (Å²) in [4.78, 5) is 23.2. The SMILES string of the molecule is CCCCCC/C=C\CCCCCCCC(=O)N[C@@H](CC)C(=O)OC. The Morgan fingerprint density at radius 3 is 2.00 bits per heavy atom. The number of carbonyl (C=O) groups excluding carboxylic acids is 2. The molecule has 0 bridgehead atoms. The predicted octanol–water partition coefficient (Wildman–Crippen LogP) is 5.31. The number of unbranched alkanes of at least 4 members (excludes halogenated alkanes) is 9. The minimum Gasteiger partial charge on any atom is -0.467 e. The number of hydrogen-bond acceptors (Lipinski definition) is 3. The standard InChI is InChI=1S/C21H39NO3/c1-4-6-7-8-9-10-11-12-13-14-15-16-17-18-20(23)22-19(5-2)21(24)25-3/h10-11,19H,4-9,12-18H2,1-3H3,(H,22,23)/b11-10-/t19-/m0/s1. The van der Waals surface area contributed by atoms with Crippen LogP contribution in [0.5, 0.6) is 0 Å². The van der Waals surface area contributed by atoms with Crippen LogP contribution in [0, 0.1) is 0 Å². The molecule has 1 amide bonds. The van der Waals surface area contributed by atoms with Crippen molar-refractivity contribution in [2.24, 2.45) is 0 Å². The van der Waals surface area contributed by atoms with E-state index < -0.39 is 6.04 Å². The molecule has 4 heteroatoms. The first-order chi connectivity index (χ1) is 12.2. The van der Waals surface area contributed by atoms with Crippen molar-refractivity contribution in [1.82, 2.24) is 5.32 Å². The summed E-state index contributed by atoms with van der Waals surface area (Å²) < 4.78 is 4.67. The van der Waals surface area contributed by atoms with E-state index in [0.29, 0.717) is 12.8 Å². The Morgan fingerprint density at radius 2 is 1.44 bits per heavy atom. The van der Waals surface area contributed by atoms with Gasteiger partial charge in [0.1, 0.15) is 6.04 Å². The third kappa shape index (κ3) is 14.7. The number of esters is 1. The molecule has 0 radical (unpaired) electrons. The van der Waals surface area contributed by atoms with Crippen LogP contribution in [0.3, 0.4) is 0 Å². The number of carbonyl (C=O) groups is 2. The minimum absolute atomic E-state index is 0.0525. The topological polar surface area (TPSA) is 55.4 Å². The first-order valence-corrected chi connectivity index (χ1v) is 10.2. The van der Waals surface area contributed by atoms with Crippen molar-refractivity contribution in [3.63, 3.8) is 0 Å².